The van der Waals surface area contributed by atoms with E-state index in [1.807, 2.05) is 42.5 Å². The topological polar surface area (TPSA) is 78.9 Å². The number of hydrogen-bond acceptors (Lipinski definition) is 6. The van der Waals surface area contributed by atoms with Crippen LogP contribution < -0.4 is 15.0 Å². The third kappa shape index (κ3) is 3.07. The monoisotopic (exact) mass is 487 g/mol. The first-order valence-corrected chi connectivity index (χ1v) is 10.6. The zero-order chi connectivity index (χ0) is 21.7. The Kier molecular flexibility index (Phi) is 4.32. The summed E-state index contributed by atoms with van der Waals surface area (Å²) < 4.78 is 18.9. The van der Waals surface area contributed by atoms with Crippen LogP contribution >= 0.6 is 15.9 Å². The second kappa shape index (κ2) is 7.35. The molecule has 2 aromatic heterocycles. The summed E-state index contributed by atoms with van der Waals surface area (Å²) >= 11 is 3.52. The SMILES string of the molecule is O=c1c2ccccc2nc(-c2cc3ccccc3o2)n1N=Cc1cc2c(cc1Br)OCO2. The molecule has 0 spiro atoms. The molecule has 5 aromatic rings. The molecule has 0 N–H and O–H groups in total. The lowest BCUT2D eigenvalue weighted by Crippen LogP contribution is -2.20. The number of furan rings is 1. The normalized spacial score (nSPS) is 12.9. The molecule has 0 aliphatic carbocycles. The highest BCUT2D eigenvalue weighted by Crippen LogP contribution is 2.36. The summed E-state index contributed by atoms with van der Waals surface area (Å²) in [5.74, 6) is 2.05. The van der Waals surface area contributed by atoms with Crippen molar-refractivity contribution in [1.82, 2.24) is 9.66 Å². The number of aromatic nitrogens is 2. The van der Waals surface area contributed by atoms with Crippen molar-refractivity contribution in [3.63, 3.8) is 0 Å². The number of ether oxygens (including phenoxy) is 2. The van der Waals surface area contributed by atoms with Gasteiger partial charge in [-0.15, -0.1) is 0 Å². The number of fused-ring (bicyclic) bond motifs is 3. The average molecular weight is 488 g/mol. The number of nitrogens with zero attached hydrogens (tertiary/aromatic N) is 3. The van der Waals surface area contributed by atoms with Crippen LogP contribution in [0.2, 0.25) is 0 Å². The lowest BCUT2D eigenvalue weighted by atomic mass is 10.2. The van der Waals surface area contributed by atoms with Gasteiger partial charge in [-0.2, -0.15) is 9.78 Å². The summed E-state index contributed by atoms with van der Waals surface area (Å²) in [5, 5.41) is 5.87. The van der Waals surface area contributed by atoms with Gasteiger partial charge in [0.05, 0.1) is 17.1 Å². The second-order valence-corrected chi connectivity index (χ2v) is 8.04. The maximum Gasteiger partial charge on any atom is 0.282 e. The average Bonchev–Trinajstić information content (AvgIpc) is 3.44. The Morgan fingerprint density at radius 1 is 1.00 bits per heavy atom. The van der Waals surface area contributed by atoms with Crippen molar-refractivity contribution in [2.24, 2.45) is 5.10 Å². The molecule has 6 rings (SSSR count). The van der Waals surface area contributed by atoms with Crippen molar-refractivity contribution in [3.05, 3.63) is 87.1 Å². The minimum atomic E-state index is -0.292. The van der Waals surface area contributed by atoms with Gasteiger partial charge in [0.25, 0.3) is 5.56 Å². The third-order valence-electron chi connectivity index (χ3n) is 5.20. The van der Waals surface area contributed by atoms with Crippen LogP contribution in [-0.4, -0.2) is 22.7 Å². The Morgan fingerprint density at radius 2 is 1.78 bits per heavy atom. The van der Waals surface area contributed by atoms with Crippen molar-refractivity contribution in [1.29, 1.82) is 0 Å². The zero-order valence-electron chi connectivity index (χ0n) is 16.5. The molecule has 0 amide bonds. The fourth-order valence-electron chi connectivity index (χ4n) is 3.63. The first kappa shape index (κ1) is 18.8. The van der Waals surface area contributed by atoms with E-state index in [0.29, 0.717) is 39.6 Å². The summed E-state index contributed by atoms with van der Waals surface area (Å²) in [6, 6.07) is 20.3. The van der Waals surface area contributed by atoms with Gasteiger partial charge in [0.2, 0.25) is 12.6 Å². The molecule has 0 fully saturated rings. The summed E-state index contributed by atoms with van der Waals surface area (Å²) in [6.07, 6.45) is 1.58. The molecule has 7 nitrogen and oxygen atoms in total. The summed E-state index contributed by atoms with van der Waals surface area (Å²) in [5.41, 5.74) is 1.71. The number of hydrogen-bond donors (Lipinski definition) is 0. The molecule has 32 heavy (non-hydrogen) atoms. The molecule has 0 bridgehead atoms. The quantitative estimate of drug-likeness (QED) is 0.327. The van der Waals surface area contributed by atoms with E-state index in [9.17, 15) is 4.79 Å². The number of rotatable bonds is 3. The van der Waals surface area contributed by atoms with Crippen molar-refractivity contribution in [2.45, 2.75) is 0 Å². The van der Waals surface area contributed by atoms with Gasteiger partial charge in [-0.05, 0) is 52.3 Å². The summed E-state index contributed by atoms with van der Waals surface area (Å²) in [4.78, 5) is 18.0. The highest BCUT2D eigenvalue weighted by atomic mass is 79.9. The molecule has 1 aliphatic heterocycles. The van der Waals surface area contributed by atoms with Gasteiger partial charge in [0, 0.05) is 15.4 Å². The van der Waals surface area contributed by atoms with Crippen molar-refractivity contribution in [2.75, 3.05) is 6.79 Å². The minimum Gasteiger partial charge on any atom is -0.454 e. The lowest BCUT2D eigenvalue weighted by Gasteiger charge is -2.07. The van der Waals surface area contributed by atoms with E-state index < -0.39 is 0 Å². The fraction of sp³-hybridized carbons (Fsp3) is 0.0417. The number of halogens is 1. The van der Waals surface area contributed by atoms with E-state index >= 15 is 0 Å². The molecule has 0 atom stereocenters. The van der Waals surface area contributed by atoms with Gasteiger partial charge < -0.3 is 13.9 Å². The second-order valence-electron chi connectivity index (χ2n) is 7.19. The molecule has 8 heteroatoms. The Labute approximate surface area is 189 Å². The number of para-hydroxylation sites is 2. The molecule has 0 unspecified atom stereocenters. The molecule has 3 heterocycles. The standard InChI is InChI=1S/C24H14BrN3O4/c25-17-11-21-20(30-13-31-21)10-15(17)12-26-28-23(22-9-14-5-1-4-8-19(14)32-22)27-18-7-3-2-6-16(18)24(28)29/h1-12H,13H2. The van der Waals surface area contributed by atoms with Crippen LogP contribution in [0.15, 0.2) is 85.5 Å². The van der Waals surface area contributed by atoms with Gasteiger partial charge in [-0.25, -0.2) is 4.98 Å². The Bertz CT molecular complexity index is 1570. The summed E-state index contributed by atoms with van der Waals surface area (Å²) in [7, 11) is 0. The van der Waals surface area contributed by atoms with Crippen LogP contribution in [0.25, 0.3) is 33.5 Å². The third-order valence-corrected chi connectivity index (χ3v) is 5.89. The van der Waals surface area contributed by atoms with Crippen LogP contribution in [0.1, 0.15) is 5.56 Å². The van der Waals surface area contributed by atoms with Gasteiger partial charge in [0.1, 0.15) is 5.58 Å². The number of benzene rings is 3. The molecule has 1 aliphatic rings. The highest BCUT2D eigenvalue weighted by Gasteiger charge is 2.18. The van der Waals surface area contributed by atoms with Crippen LogP contribution in [0.4, 0.5) is 0 Å². The highest BCUT2D eigenvalue weighted by molar-refractivity contribution is 9.10. The maximum absolute atomic E-state index is 13.3. The molecular weight excluding hydrogens is 474 g/mol. The molecule has 156 valence electrons. The van der Waals surface area contributed by atoms with E-state index in [0.717, 1.165) is 15.4 Å². The first-order chi connectivity index (χ1) is 15.7. The predicted molar refractivity (Wildman–Crippen MR) is 124 cm³/mol. The van der Waals surface area contributed by atoms with Crippen LogP contribution in [0.5, 0.6) is 11.5 Å². The lowest BCUT2D eigenvalue weighted by molar-refractivity contribution is 0.174. The van der Waals surface area contributed by atoms with Crippen LogP contribution in [-0.2, 0) is 0 Å². The minimum absolute atomic E-state index is 0.173. The molecule has 3 aromatic carbocycles. The smallest absolute Gasteiger partial charge is 0.282 e. The first-order valence-electron chi connectivity index (χ1n) is 9.82. The van der Waals surface area contributed by atoms with E-state index in [2.05, 4.69) is 21.0 Å². The van der Waals surface area contributed by atoms with E-state index in [1.165, 1.54) is 4.68 Å². The van der Waals surface area contributed by atoms with Gasteiger partial charge >= 0.3 is 0 Å². The summed E-state index contributed by atoms with van der Waals surface area (Å²) in [6.45, 7) is 0.173. The van der Waals surface area contributed by atoms with Crippen LogP contribution in [0, 0.1) is 0 Å². The molecule has 0 saturated heterocycles. The van der Waals surface area contributed by atoms with Crippen LogP contribution in [0.3, 0.4) is 0 Å². The van der Waals surface area contributed by atoms with E-state index in [1.54, 1.807) is 30.5 Å². The molecular formula is C24H14BrN3O4. The van der Waals surface area contributed by atoms with Gasteiger partial charge in [-0.1, -0.05) is 30.3 Å². The Balaban J connectivity index is 1.55. The predicted octanol–water partition coefficient (Wildman–Crippen LogP) is 5.18. The Hall–Kier alpha value is -3.91. The Morgan fingerprint density at radius 3 is 2.66 bits per heavy atom. The largest absolute Gasteiger partial charge is 0.454 e. The van der Waals surface area contributed by atoms with Crippen molar-refractivity contribution in [3.8, 4) is 23.1 Å². The van der Waals surface area contributed by atoms with Gasteiger partial charge in [0.15, 0.2) is 17.3 Å². The molecule has 0 saturated carbocycles. The van der Waals surface area contributed by atoms with E-state index in [4.69, 9.17) is 18.9 Å². The van der Waals surface area contributed by atoms with E-state index in [-0.39, 0.29) is 12.4 Å². The van der Waals surface area contributed by atoms with Gasteiger partial charge in [-0.3, -0.25) is 4.79 Å². The maximum atomic E-state index is 13.3. The van der Waals surface area contributed by atoms with Crippen molar-refractivity contribution >= 4 is 44.0 Å². The van der Waals surface area contributed by atoms with Crippen molar-refractivity contribution < 1.29 is 13.9 Å². The molecule has 0 radical (unpaired) electrons. The zero-order valence-corrected chi connectivity index (χ0v) is 18.1. The fourth-order valence-corrected chi connectivity index (χ4v) is 4.06.